The SMILES string of the molecule is Cc1nc(OSc2ccccc2)ns1. The standard InChI is InChI=1S/C9H8N2OS2/c1-7-10-9(11-13-7)12-14-8-5-3-2-4-6-8/h2-6H,1H3. The maximum atomic E-state index is 5.32. The molecule has 0 radical (unpaired) electrons. The molecular weight excluding hydrogens is 216 g/mol. The third-order valence-electron chi connectivity index (χ3n) is 1.46. The predicted octanol–water partition coefficient (Wildman–Crippen LogP) is 2.93. The summed E-state index contributed by atoms with van der Waals surface area (Å²) in [5.74, 6) is 0. The summed E-state index contributed by atoms with van der Waals surface area (Å²) in [5, 5.41) is 0.911. The molecular formula is C9H8N2OS2. The average Bonchev–Trinajstić information content (AvgIpc) is 2.63. The second-order valence-corrected chi connectivity index (χ2v) is 4.34. The minimum Gasteiger partial charge on any atom is -0.383 e. The Bertz CT molecular complexity index is 402. The van der Waals surface area contributed by atoms with E-state index in [0.29, 0.717) is 6.01 Å². The van der Waals surface area contributed by atoms with Crippen molar-refractivity contribution in [3.63, 3.8) is 0 Å². The molecule has 5 heteroatoms. The zero-order valence-electron chi connectivity index (χ0n) is 7.51. The summed E-state index contributed by atoms with van der Waals surface area (Å²) in [5.41, 5.74) is 0. The molecule has 1 aromatic carbocycles. The highest BCUT2D eigenvalue weighted by Crippen LogP contribution is 2.21. The van der Waals surface area contributed by atoms with E-state index >= 15 is 0 Å². The second-order valence-electron chi connectivity index (χ2n) is 2.58. The lowest BCUT2D eigenvalue weighted by atomic mass is 10.4. The van der Waals surface area contributed by atoms with Gasteiger partial charge in [-0.05, 0) is 30.6 Å². The van der Waals surface area contributed by atoms with Crippen molar-refractivity contribution in [2.45, 2.75) is 11.8 Å². The van der Waals surface area contributed by atoms with Gasteiger partial charge in [0.15, 0.2) is 0 Å². The lowest BCUT2D eigenvalue weighted by Gasteiger charge is -1.97. The first-order chi connectivity index (χ1) is 6.84. The molecule has 0 fully saturated rings. The molecule has 0 spiro atoms. The van der Waals surface area contributed by atoms with Crippen molar-refractivity contribution in [3.05, 3.63) is 35.3 Å². The van der Waals surface area contributed by atoms with Crippen molar-refractivity contribution in [2.24, 2.45) is 0 Å². The van der Waals surface area contributed by atoms with E-state index in [9.17, 15) is 0 Å². The Morgan fingerprint density at radius 3 is 2.71 bits per heavy atom. The van der Waals surface area contributed by atoms with Gasteiger partial charge < -0.3 is 4.18 Å². The average molecular weight is 224 g/mol. The van der Waals surface area contributed by atoms with E-state index in [-0.39, 0.29) is 0 Å². The highest BCUT2D eigenvalue weighted by molar-refractivity contribution is 7.95. The van der Waals surface area contributed by atoms with Crippen LogP contribution >= 0.6 is 23.6 Å². The van der Waals surface area contributed by atoms with E-state index in [1.54, 1.807) is 0 Å². The van der Waals surface area contributed by atoms with Gasteiger partial charge in [0.05, 0.1) is 12.0 Å². The summed E-state index contributed by atoms with van der Waals surface area (Å²) in [6, 6.07) is 10.3. The minimum absolute atomic E-state index is 0.432. The number of benzene rings is 1. The molecule has 0 unspecified atom stereocenters. The van der Waals surface area contributed by atoms with Crippen LogP contribution in [0.15, 0.2) is 35.2 Å². The summed E-state index contributed by atoms with van der Waals surface area (Å²) in [6.07, 6.45) is 0. The van der Waals surface area contributed by atoms with Gasteiger partial charge in [0.2, 0.25) is 0 Å². The molecule has 3 nitrogen and oxygen atoms in total. The molecule has 2 rings (SSSR count). The van der Waals surface area contributed by atoms with Gasteiger partial charge in [-0.3, -0.25) is 0 Å². The largest absolute Gasteiger partial charge is 0.383 e. The van der Waals surface area contributed by atoms with Gasteiger partial charge in [0, 0.05) is 4.90 Å². The van der Waals surface area contributed by atoms with Gasteiger partial charge in [-0.15, -0.1) is 4.37 Å². The number of hydrogen-bond donors (Lipinski definition) is 0. The van der Waals surface area contributed by atoms with Crippen molar-refractivity contribution in [1.82, 2.24) is 9.36 Å². The summed E-state index contributed by atoms with van der Waals surface area (Å²) >= 11 is 2.61. The van der Waals surface area contributed by atoms with Crippen molar-refractivity contribution in [1.29, 1.82) is 0 Å². The number of rotatable bonds is 3. The van der Waals surface area contributed by atoms with Gasteiger partial charge >= 0.3 is 6.01 Å². The molecule has 72 valence electrons. The van der Waals surface area contributed by atoms with Gasteiger partial charge in [-0.2, -0.15) is 4.98 Å². The zero-order valence-corrected chi connectivity index (χ0v) is 9.14. The van der Waals surface area contributed by atoms with Crippen LogP contribution in [0.2, 0.25) is 0 Å². The number of aryl methyl sites for hydroxylation is 1. The van der Waals surface area contributed by atoms with Crippen LogP contribution in [-0.4, -0.2) is 9.36 Å². The van der Waals surface area contributed by atoms with Crippen LogP contribution in [0.5, 0.6) is 6.01 Å². The zero-order chi connectivity index (χ0) is 9.80. The van der Waals surface area contributed by atoms with Crippen molar-refractivity contribution < 1.29 is 4.18 Å². The van der Waals surface area contributed by atoms with Crippen LogP contribution in [0.1, 0.15) is 5.01 Å². The second kappa shape index (κ2) is 4.43. The maximum absolute atomic E-state index is 5.32. The summed E-state index contributed by atoms with van der Waals surface area (Å²) in [7, 11) is 0. The van der Waals surface area contributed by atoms with E-state index in [1.807, 2.05) is 37.3 Å². The number of nitrogens with zero attached hydrogens (tertiary/aromatic N) is 2. The van der Waals surface area contributed by atoms with Crippen LogP contribution in [0, 0.1) is 6.92 Å². The Morgan fingerprint density at radius 2 is 2.07 bits per heavy atom. The van der Waals surface area contributed by atoms with E-state index in [4.69, 9.17) is 4.18 Å². The fourth-order valence-corrected chi connectivity index (χ4v) is 1.84. The third kappa shape index (κ3) is 2.46. The van der Waals surface area contributed by atoms with E-state index < -0.39 is 0 Å². The molecule has 0 saturated carbocycles. The predicted molar refractivity (Wildman–Crippen MR) is 57.6 cm³/mol. The number of hydrogen-bond acceptors (Lipinski definition) is 5. The van der Waals surface area contributed by atoms with E-state index in [1.165, 1.54) is 23.6 Å². The van der Waals surface area contributed by atoms with Crippen molar-refractivity contribution in [2.75, 3.05) is 0 Å². The smallest absolute Gasteiger partial charge is 0.341 e. The summed E-state index contributed by atoms with van der Waals surface area (Å²) < 4.78 is 9.34. The fourth-order valence-electron chi connectivity index (χ4n) is 0.876. The highest BCUT2D eigenvalue weighted by Gasteiger charge is 2.02. The van der Waals surface area contributed by atoms with Crippen molar-refractivity contribution in [3.8, 4) is 6.01 Å². The highest BCUT2D eigenvalue weighted by atomic mass is 32.2. The monoisotopic (exact) mass is 224 g/mol. The molecule has 0 aliphatic rings. The Morgan fingerprint density at radius 1 is 1.29 bits per heavy atom. The molecule has 0 aliphatic heterocycles. The van der Waals surface area contributed by atoms with Gasteiger partial charge in [0.1, 0.15) is 5.01 Å². The molecule has 0 aliphatic carbocycles. The van der Waals surface area contributed by atoms with Crippen molar-refractivity contribution >= 4 is 23.6 Å². The van der Waals surface area contributed by atoms with Gasteiger partial charge in [-0.1, -0.05) is 18.2 Å². The Hall–Kier alpha value is -1.07. The molecule has 0 bridgehead atoms. The quantitative estimate of drug-likeness (QED) is 0.751. The van der Waals surface area contributed by atoms with Gasteiger partial charge in [0.25, 0.3) is 0 Å². The third-order valence-corrected chi connectivity index (χ3v) is 2.76. The Labute approximate surface area is 90.5 Å². The minimum atomic E-state index is 0.432. The molecule has 0 saturated heterocycles. The topological polar surface area (TPSA) is 35.0 Å². The first kappa shape index (κ1) is 9.48. The molecule has 0 amide bonds. The summed E-state index contributed by atoms with van der Waals surface area (Å²) in [6.45, 7) is 1.90. The Kier molecular flexibility index (Phi) is 3.00. The van der Waals surface area contributed by atoms with Crippen LogP contribution in [-0.2, 0) is 0 Å². The lowest BCUT2D eigenvalue weighted by Crippen LogP contribution is -1.83. The van der Waals surface area contributed by atoms with Crippen LogP contribution in [0.4, 0.5) is 0 Å². The molecule has 0 N–H and O–H groups in total. The van der Waals surface area contributed by atoms with Crippen LogP contribution in [0.25, 0.3) is 0 Å². The Balaban J connectivity index is 1.95. The van der Waals surface area contributed by atoms with Gasteiger partial charge in [-0.25, -0.2) is 0 Å². The maximum Gasteiger partial charge on any atom is 0.341 e. The summed E-state index contributed by atoms with van der Waals surface area (Å²) in [4.78, 5) is 5.13. The van der Waals surface area contributed by atoms with Crippen LogP contribution < -0.4 is 4.18 Å². The molecule has 0 atom stereocenters. The molecule has 1 heterocycles. The lowest BCUT2D eigenvalue weighted by molar-refractivity contribution is 0.596. The van der Waals surface area contributed by atoms with E-state index in [0.717, 1.165) is 9.90 Å². The van der Waals surface area contributed by atoms with E-state index in [2.05, 4.69) is 9.36 Å². The first-order valence-electron chi connectivity index (χ1n) is 4.04. The molecule has 14 heavy (non-hydrogen) atoms. The number of aromatic nitrogens is 2. The van der Waals surface area contributed by atoms with Crippen LogP contribution in [0.3, 0.4) is 0 Å². The fraction of sp³-hybridized carbons (Fsp3) is 0.111. The molecule has 1 aromatic heterocycles. The molecule has 2 aromatic rings. The first-order valence-corrected chi connectivity index (χ1v) is 5.56. The normalized spacial score (nSPS) is 10.1.